The van der Waals surface area contributed by atoms with Crippen molar-refractivity contribution in [3.63, 3.8) is 0 Å². The molecular formula is C13H11F3N4O3S. The standard InChI is InChI=1S/C13H11F3N4O3S/c1-7-5-8(10(23-7)13(14,15)16)6-18-24(21,22)12-9-3-2-4-17-11(9)19-20-12/h2-5,18H,6H2,1H3,(H,17,19,20). The van der Waals surface area contributed by atoms with Crippen LogP contribution in [0.3, 0.4) is 0 Å². The molecule has 0 radical (unpaired) electrons. The van der Waals surface area contributed by atoms with Crippen LogP contribution in [0.5, 0.6) is 0 Å². The third-order valence-corrected chi connectivity index (χ3v) is 4.58. The van der Waals surface area contributed by atoms with Gasteiger partial charge in [0.2, 0.25) is 5.76 Å². The number of aromatic nitrogens is 3. The second-order valence-electron chi connectivity index (χ2n) is 4.96. The lowest BCUT2D eigenvalue weighted by molar-refractivity contribution is -0.154. The first-order valence-corrected chi connectivity index (χ1v) is 8.12. The van der Waals surface area contributed by atoms with E-state index in [0.717, 1.165) is 6.07 Å². The average molecular weight is 360 g/mol. The maximum Gasteiger partial charge on any atom is 0.449 e. The quantitative estimate of drug-likeness (QED) is 0.744. The van der Waals surface area contributed by atoms with Crippen molar-refractivity contribution in [2.45, 2.75) is 24.7 Å². The highest BCUT2D eigenvalue weighted by atomic mass is 32.2. The maximum atomic E-state index is 12.9. The fourth-order valence-corrected chi connectivity index (χ4v) is 3.32. The molecule has 3 heterocycles. The monoisotopic (exact) mass is 360 g/mol. The zero-order valence-corrected chi connectivity index (χ0v) is 13.0. The van der Waals surface area contributed by atoms with Crippen LogP contribution >= 0.6 is 0 Å². The van der Waals surface area contributed by atoms with Gasteiger partial charge in [0.1, 0.15) is 5.76 Å². The molecule has 0 aromatic carbocycles. The van der Waals surface area contributed by atoms with Crippen molar-refractivity contribution in [1.82, 2.24) is 19.9 Å². The number of pyridine rings is 1. The summed E-state index contributed by atoms with van der Waals surface area (Å²) in [7, 11) is -4.11. The Morgan fingerprint density at radius 3 is 2.83 bits per heavy atom. The number of alkyl halides is 3. The highest BCUT2D eigenvalue weighted by Crippen LogP contribution is 2.34. The Bertz CT molecular complexity index is 991. The van der Waals surface area contributed by atoms with Gasteiger partial charge in [-0.15, -0.1) is 0 Å². The zero-order chi connectivity index (χ0) is 17.5. The van der Waals surface area contributed by atoms with Gasteiger partial charge in [-0.1, -0.05) is 0 Å². The summed E-state index contributed by atoms with van der Waals surface area (Å²) in [4.78, 5) is 3.89. The molecule has 0 fully saturated rings. The maximum absolute atomic E-state index is 12.9. The van der Waals surface area contributed by atoms with Crippen LogP contribution in [0, 0.1) is 6.92 Å². The smallest absolute Gasteiger partial charge is 0.449 e. The molecule has 0 saturated heterocycles. The van der Waals surface area contributed by atoms with Crippen LogP contribution in [0.2, 0.25) is 0 Å². The van der Waals surface area contributed by atoms with E-state index in [1.165, 1.54) is 25.3 Å². The van der Waals surface area contributed by atoms with Crippen LogP contribution in [-0.2, 0) is 22.7 Å². The third-order valence-electron chi connectivity index (χ3n) is 3.21. The molecule has 3 aromatic heterocycles. The van der Waals surface area contributed by atoms with Crippen molar-refractivity contribution in [3.05, 3.63) is 41.5 Å². The Hall–Kier alpha value is -2.40. The molecule has 0 aliphatic carbocycles. The number of fused-ring (bicyclic) bond motifs is 1. The molecule has 128 valence electrons. The van der Waals surface area contributed by atoms with Crippen LogP contribution in [-0.4, -0.2) is 23.6 Å². The number of halogens is 3. The normalized spacial score (nSPS) is 12.8. The van der Waals surface area contributed by atoms with Gasteiger partial charge >= 0.3 is 6.18 Å². The average Bonchev–Trinajstić information content (AvgIpc) is 3.08. The fraction of sp³-hybridized carbons (Fsp3) is 0.231. The molecular weight excluding hydrogens is 349 g/mol. The lowest BCUT2D eigenvalue weighted by atomic mass is 10.2. The topological polar surface area (TPSA) is 101 Å². The number of aryl methyl sites for hydroxylation is 1. The molecule has 3 rings (SSSR count). The molecule has 11 heteroatoms. The van der Waals surface area contributed by atoms with Gasteiger partial charge in [0.25, 0.3) is 10.0 Å². The fourth-order valence-electron chi connectivity index (χ4n) is 2.22. The third kappa shape index (κ3) is 2.99. The van der Waals surface area contributed by atoms with Crippen molar-refractivity contribution >= 4 is 21.1 Å². The summed E-state index contributed by atoms with van der Waals surface area (Å²) < 4.78 is 70.0. The van der Waals surface area contributed by atoms with E-state index < -0.39 is 28.5 Å². The minimum atomic E-state index is -4.71. The lowest BCUT2D eigenvalue weighted by Crippen LogP contribution is -2.24. The lowest BCUT2D eigenvalue weighted by Gasteiger charge is -2.07. The van der Waals surface area contributed by atoms with Crippen molar-refractivity contribution in [3.8, 4) is 0 Å². The second kappa shape index (κ2) is 5.60. The van der Waals surface area contributed by atoms with Crippen molar-refractivity contribution in [2.24, 2.45) is 0 Å². The van der Waals surface area contributed by atoms with Gasteiger partial charge in [-0.2, -0.15) is 18.3 Å². The SMILES string of the molecule is Cc1cc(CNS(=O)(=O)c2[nH]nc3ncccc23)c(C(F)(F)F)o1. The van der Waals surface area contributed by atoms with E-state index in [4.69, 9.17) is 0 Å². The predicted octanol–water partition coefficient (Wildman–Crippen LogP) is 2.36. The van der Waals surface area contributed by atoms with Gasteiger partial charge in [0.05, 0.1) is 5.39 Å². The van der Waals surface area contributed by atoms with Crippen LogP contribution < -0.4 is 4.72 Å². The summed E-state index contributed by atoms with van der Waals surface area (Å²) >= 11 is 0. The van der Waals surface area contributed by atoms with E-state index in [-0.39, 0.29) is 27.4 Å². The van der Waals surface area contributed by atoms with Crippen LogP contribution in [0.1, 0.15) is 17.1 Å². The number of aromatic amines is 1. The highest BCUT2D eigenvalue weighted by molar-refractivity contribution is 7.89. The first kappa shape index (κ1) is 16.5. The number of H-pyrrole nitrogens is 1. The Labute approximate surface area is 133 Å². The van der Waals surface area contributed by atoms with E-state index >= 15 is 0 Å². The minimum absolute atomic E-state index is 0.0349. The van der Waals surface area contributed by atoms with Gasteiger partial charge in [-0.05, 0) is 25.1 Å². The van der Waals surface area contributed by atoms with E-state index in [1.54, 1.807) is 0 Å². The molecule has 0 atom stereocenters. The molecule has 3 aromatic rings. The van der Waals surface area contributed by atoms with Crippen LogP contribution in [0.4, 0.5) is 13.2 Å². The summed E-state index contributed by atoms with van der Waals surface area (Å²) in [6, 6.07) is 4.15. The molecule has 7 nitrogen and oxygen atoms in total. The Kier molecular flexibility index (Phi) is 3.84. The summed E-state index contributed by atoms with van der Waals surface area (Å²) in [5.41, 5.74) is -0.112. The number of hydrogen-bond acceptors (Lipinski definition) is 5. The van der Waals surface area contributed by atoms with Crippen LogP contribution in [0.15, 0.2) is 33.8 Å². The molecule has 0 aliphatic heterocycles. The Morgan fingerprint density at radius 2 is 2.12 bits per heavy atom. The molecule has 2 N–H and O–H groups in total. The van der Waals surface area contributed by atoms with Gasteiger partial charge in [0, 0.05) is 18.3 Å². The minimum Gasteiger partial charge on any atom is -0.456 e. The Morgan fingerprint density at radius 1 is 1.38 bits per heavy atom. The molecule has 0 bridgehead atoms. The molecule has 0 saturated carbocycles. The summed E-state index contributed by atoms with van der Waals surface area (Å²) in [5, 5.41) is 6.05. The van der Waals surface area contributed by atoms with Crippen molar-refractivity contribution in [1.29, 1.82) is 0 Å². The molecule has 0 amide bonds. The van der Waals surface area contributed by atoms with Crippen LogP contribution in [0.25, 0.3) is 11.0 Å². The number of nitrogens with zero attached hydrogens (tertiary/aromatic N) is 2. The number of furan rings is 1. The first-order valence-electron chi connectivity index (χ1n) is 6.64. The number of nitrogens with one attached hydrogen (secondary N) is 2. The van der Waals surface area contributed by atoms with E-state index in [9.17, 15) is 21.6 Å². The van der Waals surface area contributed by atoms with Gasteiger partial charge < -0.3 is 4.42 Å². The number of hydrogen-bond donors (Lipinski definition) is 2. The summed E-state index contributed by atoms with van der Waals surface area (Å²) in [5.74, 6) is -1.19. The van der Waals surface area contributed by atoms with Gasteiger partial charge in [0.15, 0.2) is 10.7 Å². The first-order chi connectivity index (χ1) is 11.2. The van der Waals surface area contributed by atoms with Gasteiger partial charge in [-0.3, -0.25) is 5.10 Å². The van der Waals surface area contributed by atoms with E-state index in [1.807, 2.05) is 0 Å². The zero-order valence-electron chi connectivity index (χ0n) is 12.2. The van der Waals surface area contributed by atoms with E-state index in [2.05, 4.69) is 24.3 Å². The molecule has 0 aliphatic rings. The van der Waals surface area contributed by atoms with Crippen molar-refractivity contribution < 1.29 is 26.0 Å². The number of rotatable bonds is 4. The second-order valence-corrected chi connectivity index (χ2v) is 6.66. The summed E-state index contributed by atoms with van der Waals surface area (Å²) in [6.45, 7) is 0.774. The Balaban J connectivity index is 1.89. The predicted molar refractivity (Wildman–Crippen MR) is 76.4 cm³/mol. The highest BCUT2D eigenvalue weighted by Gasteiger charge is 2.38. The van der Waals surface area contributed by atoms with Crippen molar-refractivity contribution in [2.75, 3.05) is 0 Å². The number of sulfonamides is 1. The molecule has 0 unspecified atom stereocenters. The largest absolute Gasteiger partial charge is 0.456 e. The molecule has 24 heavy (non-hydrogen) atoms. The van der Waals surface area contributed by atoms with E-state index in [0.29, 0.717) is 0 Å². The summed E-state index contributed by atoms with van der Waals surface area (Å²) in [6.07, 6.45) is -3.27. The molecule has 0 spiro atoms. The van der Waals surface area contributed by atoms with Gasteiger partial charge in [-0.25, -0.2) is 18.1 Å².